The summed E-state index contributed by atoms with van der Waals surface area (Å²) in [7, 11) is 6.55. The van der Waals surface area contributed by atoms with Crippen molar-refractivity contribution in [2.75, 3.05) is 53.5 Å². The quantitative estimate of drug-likeness (QED) is 0.225. The fourth-order valence-corrected chi connectivity index (χ4v) is 2.87. The van der Waals surface area contributed by atoms with E-state index in [0.29, 0.717) is 28.6 Å². The lowest BCUT2D eigenvalue weighted by Gasteiger charge is -2.19. The van der Waals surface area contributed by atoms with Crippen molar-refractivity contribution in [2.24, 2.45) is 10.4 Å². The highest BCUT2D eigenvalue weighted by atomic mass is 127. The van der Waals surface area contributed by atoms with Crippen LogP contribution in [0.3, 0.4) is 0 Å². The molecule has 0 radical (unpaired) electrons. The highest BCUT2D eigenvalue weighted by molar-refractivity contribution is 14.0. The van der Waals surface area contributed by atoms with E-state index in [2.05, 4.69) is 15.6 Å². The monoisotopic (exact) mass is 493 g/mol. The summed E-state index contributed by atoms with van der Waals surface area (Å²) >= 11 is 0. The van der Waals surface area contributed by atoms with E-state index < -0.39 is 0 Å². The zero-order valence-electron chi connectivity index (χ0n) is 16.9. The molecule has 0 aliphatic heterocycles. The van der Waals surface area contributed by atoms with Crippen molar-refractivity contribution in [2.45, 2.75) is 26.2 Å². The van der Waals surface area contributed by atoms with Gasteiger partial charge in [0.15, 0.2) is 17.5 Å². The minimum Gasteiger partial charge on any atom is -0.493 e. The van der Waals surface area contributed by atoms with E-state index in [1.807, 2.05) is 19.1 Å². The van der Waals surface area contributed by atoms with Crippen LogP contribution < -0.4 is 24.8 Å². The molecule has 1 aliphatic carbocycles. The van der Waals surface area contributed by atoms with Gasteiger partial charge >= 0.3 is 0 Å². The van der Waals surface area contributed by atoms with Gasteiger partial charge in [0.05, 0.1) is 21.3 Å². The Morgan fingerprint density at radius 2 is 1.74 bits per heavy atom. The number of hydrogen-bond acceptors (Lipinski definition) is 5. The molecule has 0 atom stereocenters. The van der Waals surface area contributed by atoms with Crippen LogP contribution in [-0.4, -0.2) is 54.1 Å². The molecule has 27 heavy (non-hydrogen) atoms. The van der Waals surface area contributed by atoms with Crippen molar-refractivity contribution in [3.63, 3.8) is 0 Å². The molecule has 154 valence electrons. The second-order valence-electron chi connectivity index (χ2n) is 6.41. The number of ether oxygens (including phenoxy) is 4. The lowest BCUT2D eigenvalue weighted by Crippen LogP contribution is -2.35. The molecule has 7 nitrogen and oxygen atoms in total. The Kier molecular flexibility index (Phi) is 10.00. The Morgan fingerprint density at radius 3 is 2.19 bits per heavy atom. The summed E-state index contributed by atoms with van der Waals surface area (Å²) in [4.78, 5) is 4.31. The molecule has 0 bridgehead atoms. The van der Waals surface area contributed by atoms with Crippen LogP contribution in [0.2, 0.25) is 0 Å². The van der Waals surface area contributed by atoms with Crippen LogP contribution in [0.4, 0.5) is 5.69 Å². The van der Waals surface area contributed by atoms with Gasteiger partial charge < -0.3 is 29.6 Å². The Morgan fingerprint density at radius 1 is 1.11 bits per heavy atom. The minimum atomic E-state index is 0. The van der Waals surface area contributed by atoms with Gasteiger partial charge in [-0.25, -0.2) is 0 Å². The summed E-state index contributed by atoms with van der Waals surface area (Å²) in [6, 6.07) is 3.71. The first-order valence-corrected chi connectivity index (χ1v) is 8.96. The first-order valence-electron chi connectivity index (χ1n) is 8.96. The molecule has 1 saturated carbocycles. The fraction of sp³-hybridized carbons (Fsp3) is 0.632. The smallest absolute Gasteiger partial charge is 0.203 e. The molecule has 0 unspecified atom stereocenters. The van der Waals surface area contributed by atoms with Crippen molar-refractivity contribution in [3.8, 4) is 17.2 Å². The van der Waals surface area contributed by atoms with E-state index in [9.17, 15) is 0 Å². The van der Waals surface area contributed by atoms with Gasteiger partial charge in [0.25, 0.3) is 0 Å². The van der Waals surface area contributed by atoms with Crippen molar-refractivity contribution in [3.05, 3.63) is 12.1 Å². The number of anilines is 1. The number of rotatable bonds is 10. The number of guanidine groups is 1. The average Bonchev–Trinajstić information content (AvgIpc) is 3.44. The zero-order valence-corrected chi connectivity index (χ0v) is 19.2. The third kappa shape index (κ3) is 6.60. The van der Waals surface area contributed by atoms with Gasteiger partial charge in [-0.2, -0.15) is 0 Å². The standard InChI is InChI=1S/C19H31N3O4.HI/c1-6-26-10-9-19(7-8-19)13-21-18(20-2)22-14-11-15(23-3)17(25-5)16(12-14)24-4;/h11-12H,6-10,13H2,1-5H3,(H2,20,21,22);1H. The van der Waals surface area contributed by atoms with Crippen LogP contribution in [0.5, 0.6) is 17.2 Å². The van der Waals surface area contributed by atoms with Crippen molar-refractivity contribution in [1.82, 2.24) is 5.32 Å². The predicted molar refractivity (Wildman–Crippen MR) is 119 cm³/mol. The van der Waals surface area contributed by atoms with E-state index in [-0.39, 0.29) is 24.0 Å². The molecule has 0 spiro atoms. The van der Waals surface area contributed by atoms with Crippen molar-refractivity contribution < 1.29 is 18.9 Å². The van der Waals surface area contributed by atoms with Crippen LogP contribution in [0, 0.1) is 5.41 Å². The van der Waals surface area contributed by atoms with Crippen LogP contribution in [-0.2, 0) is 4.74 Å². The maximum Gasteiger partial charge on any atom is 0.203 e. The number of benzene rings is 1. The summed E-state index contributed by atoms with van der Waals surface area (Å²) in [6.45, 7) is 4.50. The Balaban J connectivity index is 0.00000364. The number of halogens is 1. The van der Waals surface area contributed by atoms with Gasteiger partial charge in [0, 0.05) is 44.6 Å². The van der Waals surface area contributed by atoms with Crippen LogP contribution in [0.25, 0.3) is 0 Å². The van der Waals surface area contributed by atoms with Gasteiger partial charge in [0.1, 0.15) is 0 Å². The summed E-state index contributed by atoms with van der Waals surface area (Å²) in [5.41, 5.74) is 1.15. The topological polar surface area (TPSA) is 73.3 Å². The first kappa shape index (κ1) is 23.6. The van der Waals surface area contributed by atoms with E-state index in [1.54, 1.807) is 28.4 Å². The number of nitrogens with zero attached hydrogens (tertiary/aromatic N) is 1. The van der Waals surface area contributed by atoms with E-state index >= 15 is 0 Å². The molecule has 1 fully saturated rings. The largest absolute Gasteiger partial charge is 0.493 e. The molecule has 8 heteroatoms. The Bertz CT molecular complexity index is 596. The highest BCUT2D eigenvalue weighted by Crippen LogP contribution is 2.48. The normalized spacial score (nSPS) is 14.8. The Labute approximate surface area is 179 Å². The SMILES string of the molecule is CCOCCC1(CNC(=NC)Nc2cc(OC)c(OC)c(OC)c2)CC1.I. The molecule has 2 rings (SSSR count). The molecule has 1 aromatic carbocycles. The van der Waals surface area contributed by atoms with Gasteiger partial charge in [-0.1, -0.05) is 0 Å². The van der Waals surface area contributed by atoms with E-state index in [4.69, 9.17) is 18.9 Å². The summed E-state index contributed by atoms with van der Waals surface area (Å²) in [5.74, 6) is 2.47. The lowest BCUT2D eigenvalue weighted by molar-refractivity contribution is 0.128. The fourth-order valence-electron chi connectivity index (χ4n) is 2.87. The number of methoxy groups -OCH3 is 3. The predicted octanol–water partition coefficient (Wildman–Crippen LogP) is 3.52. The van der Waals surface area contributed by atoms with E-state index in [0.717, 1.165) is 31.9 Å². The maximum absolute atomic E-state index is 5.50. The highest BCUT2D eigenvalue weighted by Gasteiger charge is 2.41. The summed E-state index contributed by atoms with van der Waals surface area (Å²) in [5, 5.41) is 6.71. The molecular formula is C19H32IN3O4. The second kappa shape index (κ2) is 11.4. The number of nitrogens with one attached hydrogen (secondary N) is 2. The molecule has 1 aliphatic rings. The number of hydrogen-bond donors (Lipinski definition) is 2. The van der Waals surface area contributed by atoms with Gasteiger partial charge in [-0.3, -0.25) is 4.99 Å². The van der Waals surface area contributed by atoms with Crippen molar-refractivity contribution in [1.29, 1.82) is 0 Å². The minimum absolute atomic E-state index is 0. The molecule has 2 N–H and O–H groups in total. The Hall–Kier alpha value is -1.42. The van der Waals surface area contributed by atoms with Crippen LogP contribution in [0.1, 0.15) is 26.2 Å². The van der Waals surface area contributed by atoms with Crippen LogP contribution in [0.15, 0.2) is 17.1 Å². The van der Waals surface area contributed by atoms with Crippen LogP contribution >= 0.6 is 24.0 Å². The third-order valence-corrected chi connectivity index (χ3v) is 4.72. The second-order valence-corrected chi connectivity index (χ2v) is 6.41. The molecule has 0 saturated heterocycles. The van der Waals surface area contributed by atoms with E-state index in [1.165, 1.54) is 12.8 Å². The van der Waals surface area contributed by atoms with Crippen molar-refractivity contribution >= 4 is 35.6 Å². The summed E-state index contributed by atoms with van der Waals surface area (Å²) in [6.07, 6.45) is 3.54. The average molecular weight is 493 g/mol. The first-order chi connectivity index (χ1) is 12.6. The molecule has 0 heterocycles. The summed E-state index contributed by atoms with van der Waals surface area (Å²) < 4.78 is 21.6. The molecule has 0 aromatic heterocycles. The molecule has 1 aromatic rings. The molecule has 0 amide bonds. The zero-order chi connectivity index (χ0) is 19.0. The lowest BCUT2D eigenvalue weighted by atomic mass is 10.0. The van der Waals surface area contributed by atoms with Gasteiger partial charge in [-0.15, -0.1) is 24.0 Å². The van der Waals surface area contributed by atoms with Gasteiger partial charge in [-0.05, 0) is 31.6 Å². The molecular weight excluding hydrogens is 461 g/mol. The number of aliphatic imine (C=N–C) groups is 1. The third-order valence-electron chi connectivity index (χ3n) is 4.72. The maximum atomic E-state index is 5.50. The van der Waals surface area contributed by atoms with Gasteiger partial charge in [0.2, 0.25) is 5.75 Å².